The van der Waals surface area contributed by atoms with E-state index in [0.717, 1.165) is 11.3 Å². The number of hydrogen-bond acceptors (Lipinski definition) is 4. The van der Waals surface area contributed by atoms with E-state index in [1.165, 1.54) is 0 Å². The van der Waals surface area contributed by atoms with Crippen LogP contribution in [0.2, 0.25) is 0 Å². The number of benzene rings is 1. The average Bonchev–Trinajstić information content (AvgIpc) is 2.95. The minimum atomic E-state index is 0.0675. The van der Waals surface area contributed by atoms with Crippen molar-refractivity contribution in [1.82, 2.24) is 9.80 Å². The van der Waals surface area contributed by atoms with Crippen LogP contribution < -0.4 is 9.47 Å². The fraction of sp³-hybridized carbons (Fsp3) is 0.467. The van der Waals surface area contributed by atoms with E-state index in [-0.39, 0.29) is 18.6 Å². The lowest BCUT2D eigenvalue weighted by molar-refractivity contribution is -0.138. The van der Waals surface area contributed by atoms with Crippen LogP contribution in [0.15, 0.2) is 18.2 Å². The molecule has 1 fully saturated rings. The summed E-state index contributed by atoms with van der Waals surface area (Å²) in [5.74, 6) is 1.57. The first-order valence-corrected chi connectivity index (χ1v) is 7.05. The van der Waals surface area contributed by atoms with Crippen molar-refractivity contribution in [3.05, 3.63) is 23.8 Å². The third kappa shape index (κ3) is 2.94. The van der Waals surface area contributed by atoms with E-state index in [1.54, 1.807) is 11.8 Å². The van der Waals surface area contributed by atoms with Gasteiger partial charge in [0.05, 0.1) is 6.42 Å². The van der Waals surface area contributed by atoms with Crippen LogP contribution >= 0.6 is 0 Å². The SMILES string of the molecule is CC(=O)N1CCN(C(=O)Cc2ccc3c(c2)OCO3)CC1. The maximum absolute atomic E-state index is 12.3. The van der Waals surface area contributed by atoms with Gasteiger partial charge < -0.3 is 19.3 Å². The minimum absolute atomic E-state index is 0.0675. The lowest BCUT2D eigenvalue weighted by Crippen LogP contribution is -2.50. The van der Waals surface area contributed by atoms with Crippen LogP contribution in [0.1, 0.15) is 12.5 Å². The highest BCUT2D eigenvalue weighted by Crippen LogP contribution is 2.32. The summed E-state index contributed by atoms with van der Waals surface area (Å²) in [7, 11) is 0. The van der Waals surface area contributed by atoms with Gasteiger partial charge >= 0.3 is 0 Å². The average molecular weight is 290 g/mol. The first-order chi connectivity index (χ1) is 10.1. The molecule has 2 amide bonds. The molecular formula is C15H18N2O4. The summed E-state index contributed by atoms with van der Waals surface area (Å²) in [6, 6.07) is 5.57. The number of carbonyl (C=O) groups is 2. The Kier molecular flexibility index (Phi) is 3.68. The first-order valence-electron chi connectivity index (χ1n) is 7.05. The van der Waals surface area contributed by atoms with Gasteiger partial charge in [-0.3, -0.25) is 9.59 Å². The quantitative estimate of drug-likeness (QED) is 0.802. The van der Waals surface area contributed by atoms with Crippen LogP contribution in [-0.2, 0) is 16.0 Å². The molecule has 0 unspecified atom stereocenters. The maximum Gasteiger partial charge on any atom is 0.231 e. The van der Waals surface area contributed by atoms with Crippen LogP contribution in [0.25, 0.3) is 0 Å². The first kappa shape index (κ1) is 13.7. The van der Waals surface area contributed by atoms with Crippen molar-refractivity contribution in [2.24, 2.45) is 0 Å². The highest BCUT2D eigenvalue weighted by molar-refractivity contribution is 5.79. The zero-order valence-electron chi connectivity index (χ0n) is 12.0. The van der Waals surface area contributed by atoms with Crippen LogP contribution in [0, 0.1) is 0 Å². The fourth-order valence-electron chi connectivity index (χ4n) is 2.61. The Hall–Kier alpha value is -2.24. The molecule has 2 aliphatic heterocycles. The largest absolute Gasteiger partial charge is 0.454 e. The van der Waals surface area contributed by atoms with E-state index in [0.29, 0.717) is 38.3 Å². The van der Waals surface area contributed by atoms with E-state index in [2.05, 4.69) is 0 Å². The number of fused-ring (bicyclic) bond motifs is 1. The number of ether oxygens (including phenoxy) is 2. The molecule has 2 heterocycles. The Morgan fingerprint density at radius 1 is 1.05 bits per heavy atom. The second-order valence-corrected chi connectivity index (χ2v) is 5.25. The van der Waals surface area contributed by atoms with Crippen molar-refractivity contribution >= 4 is 11.8 Å². The Morgan fingerprint density at radius 2 is 1.71 bits per heavy atom. The standard InChI is InChI=1S/C15H18N2O4/c1-11(18)16-4-6-17(7-5-16)15(19)9-12-2-3-13-14(8-12)21-10-20-13/h2-3,8H,4-7,9-10H2,1H3. The Balaban J connectivity index is 1.58. The molecule has 112 valence electrons. The third-order valence-corrected chi connectivity index (χ3v) is 3.87. The van der Waals surface area contributed by atoms with Gasteiger partial charge in [0.1, 0.15) is 0 Å². The molecule has 0 atom stereocenters. The topological polar surface area (TPSA) is 59.1 Å². The van der Waals surface area contributed by atoms with E-state index in [4.69, 9.17) is 9.47 Å². The van der Waals surface area contributed by atoms with Gasteiger partial charge in [0.15, 0.2) is 11.5 Å². The molecule has 6 nitrogen and oxygen atoms in total. The molecular weight excluding hydrogens is 272 g/mol. The van der Waals surface area contributed by atoms with Crippen LogP contribution in [0.4, 0.5) is 0 Å². The minimum Gasteiger partial charge on any atom is -0.454 e. The van der Waals surface area contributed by atoms with Gasteiger partial charge in [0.2, 0.25) is 18.6 Å². The lowest BCUT2D eigenvalue weighted by atomic mass is 10.1. The highest BCUT2D eigenvalue weighted by atomic mass is 16.7. The summed E-state index contributed by atoms with van der Waals surface area (Å²) in [5.41, 5.74) is 0.915. The molecule has 3 rings (SSSR count). The number of rotatable bonds is 2. The van der Waals surface area contributed by atoms with Gasteiger partial charge in [-0.25, -0.2) is 0 Å². The molecule has 1 aromatic rings. The normalized spacial score (nSPS) is 17.0. The van der Waals surface area contributed by atoms with E-state index in [1.807, 2.05) is 23.1 Å². The van der Waals surface area contributed by atoms with E-state index < -0.39 is 0 Å². The number of hydrogen-bond donors (Lipinski definition) is 0. The maximum atomic E-state index is 12.3. The van der Waals surface area contributed by atoms with Crippen LogP contribution in [0.3, 0.4) is 0 Å². The molecule has 0 spiro atoms. The molecule has 2 aliphatic rings. The summed E-state index contributed by atoms with van der Waals surface area (Å²) >= 11 is 0. The summed E-state index contributed by atoms with van der Waals surface area (Å²) in [6.45, 7) is 4.22. The van der Waals surface area contributed by atoms with Crippen LogP contribution in [0.5, 0.6) is 11.5 Å². The van der Waals surface area contributed by atoms with Crippen molar-refractivity contribution in [2.45, 2.75) is 13.3 Å². The van der Waals surface area contributed by atoms with Crippen molar-refractivity contribution in [3.63, 3.8) is 0 Å². The second-order valence-electron chi connectivity index (χ2n) is 5.25. The molecule has 0 N–H and O–H groups in total. The molecule has 6 heteroatoms. The van der Waals surface area contributed by atoms with Crippen molar-refractivity contribution in [1.29, 1.82) is 0 Å². The highest BCUT2D eigenvalue weighted by Gasteiger charge is 2.23. The zero-order valence-corrected chi connectivity index (χ0v) is 12.0. The van der Waals surface area contributed by atoms with Crippen molar-refractivity contribution in [2.75, 3.05) is 33.0 Å². The molecule has 1 aromatic carbocycles. The van der Waals surface area contributed by atoms with Crippen molar-refractivity contribution in [3.8, 4) is 11.5 Å². The molecule has 0 aromatic heterocycles. The van der Waals surface area contributed by atoms with E-state index in [9.17, 15) is 9.59 Å². The Bertz CT molecular complexity index is 565. The Labute approximate surface area is 123 Å². The number of carbonyl (C=O) groups excluding carboxylic acids is 2. The fourth-order valence-corrected chi connectivity index (χ4v) is 2.61. The second kappa shape index (κ2) is 5.63. The van der Waals surface area contributed by atoms with Gasteiger partial charge in [-0.15, -0.1) is 0 Å². The predicted molar refractivity (Wildman–Crippen MR) is 75.1 cm³/mol. The van der Waals surface area contributed by atoms with Gasteiger partial charge in [-0.2, -0.15) is 0 Å². The summed E-state index contributed by atoms with van der Waals surface area (Å²) < 4.78 is 10.6. The van der Waals surface area contributed by atoms with Crippen LogP contribution in [-0.4, -0.2) is 54.6 Å². The number of piperazine rings is 1. The monoisotopic (exact) mass is 290 g/mol. The molecule has 0 bridgehead atoms. The summed E-state index contributed by atoms with van der Waals surface area (Å²) in [4.78, 5) is 27.1. The van der Waals surface area contributed by atoms with Gasteiger partial charge in [0, 0.05) is 33.1 Å². The molecule has 1 saturated heterocycles. The summed E-state index contributed by atoms with van der Waals surface area (Å²) in [5, 5.41) is 0. The molecule has 0 radical (unpaired) electrons. The third-order valence-electron chi connectivity index (χ3n) is 3.87. The molecule has 21 heavy (non-hydrogen) atoms. The summed E-state index contributed by atoms with van der Waals surface area (Å²) in [6.07, 6.45) is 0.344. The molecule has 0 aliphatic carbocycles. The Morgan fingerprint density at radius 3 is 2.43 bits per heavy atom. The number of nitrogens with zero attached hydrogens (tertiary/aromatic N) is 2. The van der Waals surface area contributed by atoms with Gasteiger partial charge in [0.25, 0.3) is 0 Å². The zero-order chi connectivity index (χ0) is 14.8. The van der Waals surface area contributed by atoms with Gasteiger partial charge in [-0.1, -0.05) is 6.07 Å². The smallest absolute Gasteiger partial charge is 0.231 e. The van der Waals surface area contributed by atoms with Gasteiger partial charge in [-0.05, 0) is 17.7 Å². The number of amides is 2. The lowest BCUT2D eigenvalue weighted by Gasteiger charge is -2.34. The predicted octanol–water partition coefficient (Wildman–Crippen LogP) is 0.648. The van der Waals surface area contributed by atoms with E-state index >= 15 is 0 Å². The molecule has 0 saturated carbocycles. The van der Waals surface area contributed by atoms with Crippen molar-refractivity contribution < 1.29 is 19.1 Å².